The fourth-order valence-electron chi connectivity index (χ4n) is 9.79. The zero-order chi connectivity index (χ0) is 43.9. The number of fused-ring (bicyclic) bond motifs is 4. The normalized spacial score (nSPS) is 19.7. The number of H-pyrrole nitrogens is 1. The highest BCUT2D eigenvalue weighted by Crippen LogP contribution is 2.39. The van der Waals surface area contributed by atoms with E-state index in [1.807, 2.05) is 59.5 Å². The number of ether oxygens (including phenoxy) is 1. The van der Waals surface area contributed by atoms with Crippen LogP contribution in [-0.4, -0.2) is 93.1 Å². The molecule has 3 N–H and O–H groups in total. The van der Waals surface area contributed by atoms with Gasteiger partial charge in [0.1, 0.15) is 17.7 Å². The largest absolute Gasteiger partial charge is 0.506 e. The molecule has 0 unspecified atom stereocenters. The lowest BCUT2D eigenvalue weighted by atomic mass is 9.72. The number of phenolic OH excluding ortho intramolecular Hbond substituents is 1. The van der Waals surface area contributed by atoms with Crippen LogP contribution in [0.15, 0.2) is 108 Å². The van der Waals surface area contributed by atoms with Gasteiger partial charge in [-0.1, -0.05) is 91.7 Å². The van der Waals surface area contributed by atoms with E-state index in [9.17, 15) is 33.8 Å². The number of phenols is 1. The number of amides is 2. The highest BCUT2D eigenvalue weighted by atomic mass is 19.1. The second-order valence-electron chi connectivity index (χ2n) is 17.6. The van der Waals surface area contributed by atoms with Gasteiger partial charge in [0.15, 0.2) is 0 Å². The van der Waals surface area contributed by atoms with E-state index in [2.05, 4.69) is 9.88 Å². The van der Waals surface area contributed by atoms with Gasteiger partial charge in [0.2, 0.25) is 17.4 Å². The van der Waals surface area contributed by atoms with E-state index in [1.165, 1.54) is 18.2 Å². The SMILES string of the molecule is O=C(Cc1ccc(CC(=O)N(CCCCC[C@H](O)c2ccc(O)c3[nH]c(=O)ccc23)Cc2ccccc2F)cc1)N1CCC(C(=O)O[C@H]2CN3CCC2CC3)(c2ccccc2)CC1. The Morgan fingerprint density at radius 3 is 2.22 bits per heavy atom. The number of rotatable bonds is 16. The highest BCUT2D eigenvalue weighted by molar-refractivity contribution is 5.87. The predicted molar refractivity (Wildman–Crippen MR) is 238 cm³/mol. The third-order valence-electron chi connectivity index (χ3n) is 13.6. The molecule has 2 bridgehead atoms. The third-order valence-corrected chi connectivity index (χ3v) is 13.6. The van der Waals surface area contributed by atoms with Crippen LogP contribution < -0.4 is 5.56 Å². The van der Waals surface area contributed by atoms with Crippen LogP contribution >= 0.6 is 0 Å². The number of piperidine rings is 4. The first kappa shape index (κ1) is 43.8. The smallest absolute Gasteiger partial charge is 0.317 e. The lowest BCUT2D eigenvalue weighted by Crippen LogP contribution is -2.55. The number of unbranched alkanes of at least 4 members (excludes halogenated alkanes) is 2. The second kappa shape index (κ2) is 19.7. The van der Waals surface area contributed by atoms with E-state index in [4.69, 9.17) is 4.74 Å². The number of aromatic amines is 1. The monoisotopic (exact) mass is 856 g/mol. The van der Waals surface area contributed by atoms with Crippen molar-refractivity contribution in [2.75, 3.05) is 39.3 Å². The summed E-state index contributed by atoms with van der Waals surface area (Å²) in [5.74, 6) is -0.356. The van der Waals surface area contributed by atoms with Crippen molar-refractivity contribution in [2.45, 2.75) is 88.4 Å². The quantitative estimate of drug-likeness (QED) is 0.0713. The van der Waals surface area contributed by atoms with Crippen molar-refractivity contribution in [2.24, 2.45) is 5.92 Å². The van der Waals surface area contributed by atoms with Crippen molar-refractivity contribution in [3.63, 3.8) is 0 Å². The minimum atomic E-state index is -0.817. The van der Waals surface area contributed by atoms with E-state index < -0.39 is 11.5 Å². The van der Waals surface area contributed by atoms with Crippen LogP contribution in [0.4, 0.5) is 4.39 Å². The van der Waals surface area contributed by atoms with E-state index >= 15 is 0 Å². The minimum Gasteiger partial charge on any atom is -0.506 e. The maximum atomic E-state index is 14.8. The van der Waals surface area contributed by atoms with Crippen molar-refractivity contribution in [1.82, 2.24) is 19.7 Å². The molecule has 4 fully saturated rings. The fraction of sp³-hybridized carbons (Fsp3) is 0.412. The number of esters is 1. The van der Waals surface area contributed by atoms with Crippen LogP contribution in [0.1, 0.15) is 85.3 Å². The average molecular weight is 857 g/mol. The molecule has 0 spiro atoms. The number of aromatic nitrogens is 1. The molecule has 5 aromatic rings. The van der Waals surface area contributed by atoms with Crippen LogP contribution in [0, 0.1) is 11.7 Å². The Hall–Kier alpha value is -5.85. The molecule has 1 aromatic heterocycles. The van der Waals surface area contributed by atoms with Gasteiger partial charge >= 0.3 is 5.97 Å². The van der Waals surface area contributed by atoms with Gasteiger partial charge in [0.25, 0.3) is 0 Å². The Morgan fingerprint density at radius 2 is 1.52 bits per heavy atom. The minimum absolute atomic E-state index is 0.0115. The lowest BCUT2D eigenvalue weighted by Gasteiger charge is -2.46. The summed E-state index contributed by atoms with van der Waals surface area (Å²) in [5, 5.41) is 21.8. The van der Waals surface area contributed by atoms with Crippen LogP contribution in [0.5, 0.6) is 5.75 Å². The number of nitrogens with one attached hydrogen (secondary N) is 1. The van der Waals surface area contributed by atoms with Crippen LogP contribution in [-0.2, 0) is 43.9 Å². The number of benzene rings is 4. The standard InChI is InChI=1S/C51H57FN4O7/c52-42-12-7-6-9-38(42)33-56(26-8-2-5-13-43(57)40-18-20-44(58)49-41(40)19-21-46(59)53-49)48(61)32-36-16-14-35(15-17-36)31-47(60)55-29-24-51(25-30-55,39-10-3-1-4-11-39)50(62)63-45-34-54-27-22-37(45)23-28-54/h1,3-4,6-7,9-12,14-21,37,43,45,57-58H,2,5,8,13,22-34H2,(H,53,59)/t43-,45-/m0/s1. The first-order valence-electron chi connectivity index (χ1n) is 22.4. The van der Waals surface area contributed by atoms with Gasteiger partial charge in [-0.25, -0.2) is 4.39 Å². The number of aliphatic hydroxyl groups excluding tert-OH is 1. The lowest BCUT2D eigenvalue weighted by molar-refractivity contribution is -0.168. The average Bonchev–Trinajstić information content (AvgIpc) is 3.30. The van der Waals surface area contributed by atoms with Crippen molar-refractivity contribution >= 4 is 28.7 Å². The number of hydrogen-bond donors (Lipinski definition) is 3. The molecule has 63 heavy (non-hydrogen) atoms. The summed E-state index contributed by atoms with van der Waals surface area (Å²) in [6.45, 7) is 4.37. The summed E-state index contributed by atoms with van der Waals surface area (Å²) < 4.78 is 21.1. The summed E-state index contributed by atoms with van der Waals surface area (Å²) in [6, 6.07) is 29.9. The number of likely N-dealkylation sites (tertiary alicyclic amines) is 1. The van der Waals surface area contributed by atoms with E-state index in [0.717, 1.165) is 49.2 Å². The molecule has 4 aromatic carbocycles. The first-order valence-corrected chi connectivity index (χ1v) is 22.4. The molecule has 4 aliphatic heterocycles. The molecular weight excluding hydrogens is 800 g/mol. The molecule has 2 amide bonds. The number of aromatic hydroxyl groups is 1. The second-order valence-corrected chi connectivity index (χ2v) is 17.6. The number of hydrogen-bond acceptors (Lipinski definition) is 8. The highest BCUT2D eigenvalue weighted by Gasteiger charge is 2.47. The zero-order valence-corrected chi connectivity index (χ0v) is 35.7. The van der Waals surface area contributed by atoms with Gasteiger partial charge in [0.05, 0.1) is 29.9 Å². The van der Waals surface area contributed by atoms with E-state index in [0.29, 0.717) is 80.6 Å². The molecule has 2 atom stereocenters. The summed E-state index contributed by atoms with van der Waals surface area (Å²) in [4.78, 5) is 61.9. The maximum Gasteiger partial charge on any atom is 0.317 e. The van der Waals surface area contributed by atoms with Crippen LogP contribution in [0.3, 0.4) is 0 Å². The number of nitrogens with zero attached hydrogens (tertiary/aromatic N) is 3. The number of pyridine rings is 1. The molecule has 330 valence electrons. The molecule has 4 aliphatic rings. The van der Waals surface area contributed by atoms with Gasteiger partial charge < -0.3 is 29.7 Å². The summed E-state index contributed by atoms with van der Waals surface area (Å²) in [5.41, 5.74) is 2.74. The Labute approximate surface area is 367 Å². The third kappa shape index (κ3) is 10.2. The summed E-state index contributed by atoms with van der Waals surface area (Å²) >= 11 is 0. The first-order chi connectivity index (χ1) is 30.6. The Kier molecular flexibility index (Phi) is 13.7. The molecule has 9 rings (SSSR count). The molecule has 5 heterocycles. The van der Waals surface area contributed by atoms with E-state index in [1.54, 1.807) is 35.2 Å². The molecule has 12 heteroatoms. The van der Waals surface area contributed by atoms with Crippen molar-refractivity contribution < 1.29 is 33.7 Å². The predicted octanol–water partition coefficient (Wildman–Crippen LogP) is 6.98. The van der Waals surface area contributed by atoms with Crippen LogP contribution in [0.25, 0.3) is 10.9 Å². The topological polar surface area (TPSA) is 143 Å². The molecule has 0 aliphatic carbocycles. The number of carbonyl (C=O) groups excluding carboxylic acids is 3. The zero-order valence-electron chi connectivity index (χ0n) is 35.7. The molecule has 11 nitrogen and oxygen atoms in total. The van der Waals surface area contributed by atoms with Gasteiger partial charge in [-0.2, -0.15) is 0 Å². The maximum absolute atomic E-state index is 14.8. The Balaban J connectivity index is 0.844. The van der Waals surface area contributed by atoms with Gasteiger partial charge in [-0.3, -0.25) is 24.1 Å². The number of carbonyl (C=O) groups is 3. The van der Waals surface area contributed by atoms with Gasteiger partial charge in [-0.15, -0.1) is 0 Å². The van der Waals surface area contributed by atoms with Crippen molar-refractivity contribution in [1.29, 1.82) is 0 Å². The summed E-state index contributed by atoms with van der Waals surface area (Å²) in [6.07, 6.45) is 4.98. The van der Waals surface area contributed by atoms with Crippen molar-refractivity contribution in [3.8, 4) is 5.75 Å². The Bertz CT molecular complexity index is 2440. The molecule has 4 saturated heterocycles. The Morgan fingerprint density at radius 1 is 0.825 bits per heavy atom. The summed E-state index contributed by atoms with van der Waals surface area (Å²) in [7, 11) is 0. The fourth-order valence-corrected chi connectivity index (χ4v) is 9.79. The molecule has 0 saturated carbocycles. The van der Waals surface area contributed by atoms with E-state index in [-0.39, 0.29) is 65.9 Å². The van der Waals surface area contributed by atoms with Gasteiger partial charge in [-0.05, 0) is 98.0 Å². The number of halogens is 1. The number of aliphatic hydroxyl groups is 1. The van der Waals surface area contributed by atoms with Gasteiger partial charge in [0, 0.05) is 49.7 Å². The molecular formula is C51H57FN4O7. The van der Waals surface area contributed by atoms with Crippen LogP contribution in [0.2, 0.25) is 0 Å². The van der Waals surface area contributed by atoms with Crippen molar-refractivity contribution in [3.05, 3.63) is 147 Å². The molecule has 0 radical (unpaired) electrons.